The second-order valence-corrected chi connectivity index (χ2v) is 7.85. The minimum atomic E-state index is 0.808. The molecular formula is C22H27BrN4. The Labute approximate surface area is 170 Å². The van der Waals surface area contributed by atoms with Crippen LogP contribution < -0.4 is 5.32 Å². The summed E-state index contributed by atoms with van der Waals surface area (Å²) in [6, 6.07) is 10.7. The molecule has 0 spiro atoms. The van der Waals surface area contributed by atoms with Crippen molar-refractivity contribution in [3.8, 4) is 11.3 Å². The predicted octanol–water partition coefficient (Wildman–Crippen LogP) is 5.31. The predicted molar refractivity (Wildman–Crippen MR) is 121 cm³/mol. The van der Waals surface area contributed by atoms with Gasteiger partial charge in [-0.05, 0) is 57.3 Å². The van der Waals surface area contributed by atoms with Gasteiger partial charge in [-0.2, -0.15) is 0 Å². The van der Waals surface area contributed by atoms with Gasteiger partial charge in [-0.1, -0.05) is 40.2 Å². The third kappa shape index (κ3) is 5.21. The van der Waals surface area contributed by atoms with Crippen LogP contribution in [0, 0.1) is 0 Å². The monoisotopic (exact) mass is 426 g/mol. The summed E-state index contributed by atoms with van der Waals surface area (Å²) in [6.07, 6.45) is 8.08. The normalized spacial score (nSPS) is 16.2. The van der Waals surface area contributed by atoms with E-state index in [4.69, 9.17) is 4.99 Å². The highest BCUT2D eigenvalue weighted by Gasteiger charge is 2.17. The van der Waals surface area contributed by atoms with Crippen LogP contribution in [0.1, 0.15) is 24.6 Å². The lowest BCUT2D eigenvalue weighted by atomic mass is 10.00. The SMILES string of the molecule is C/C=C(Br)\C=C/c1cc2c([nH]1)-c1ccccc1NC(=NCCN(C)C)CC2. The maximum Gasteiger partial charge on any atom is 0.101 e. The van der Waals surface area contributed by atoms with E-state index in [-0.39, 0.29) is 0 Å². The summed E-state index contributed by atoms with van der Waals surface area (Å²) in [4.78, 5) is 10.5. The van der Waals surface area contributed by atoms with Crippen LogP contribution >= 0.6 is 15.9 Å². The number of anilines is 1. The molecule has 2 N–H and O–H groups in total. The Morgan fingerprint density at radius 2 is 2.07 bits per heavy atom. The number of fused-ring (bicyclic) bond motifs is 3. The van der Waals surface area contributed by atoms with Crippen molar-refractivity contribution in [2.75, 3.05) is 32.5 Å². The number of nitrogens with zero attached hydrogens (tertiary/aromatic N) is 2. The van der Waals surface area contributed by atoms with E-state index < -0.39 is 0 Å². The number of hydrogen-bond acceptors (Lipinski definition) is 2. The van der Waals surface area contributed by atoms with Crippen LogP contribution in [0.3, 0.4) is 0 Å². The van der Waals surface area contributed by atoms with Crippen LogP contribution in [0.25, 0.3) is 17.3 Å². The number of halogens is 1. The van der Waals surface area contributed by atoms with E-state index in [9.17, 15) is 0 Å². The minimum absolute atomic E-state index is 0.808. The molecule has 5 heteroatoms. The number of aromatic nitrogens is 1. The summed E-state index contributed by atoms with van der Waals surface area (Å²) in [5.74, 6) is 1.06. The lowest BCUT2D eigenvalue weighted by Gasteiger charge is -2.18. The molecule has 3 rings (SSSR count). The first kappa shape index (κ1) is 19.6. The van der Waals surface area contributed by atoms with Gasteiger partial charge in [0.25, 0.3) is 0 Å². The largest absolute Gasteiger partial charge is 0.355 e. The average molecular weight is 427 g/mol. The quantitative estimate of drug-likeness (QED) is 0.635. The van der Waals surface area contributed by atoms with Gasteiger partial charge < -0.3 is 15.2 Å². The van der Waals surface area contributed by atoms with E-state index in [0.717, 1.165) is 47.6 Å². The van der Waals surface area contributed by atoms with E-state index in [1.54, 1.807) is 0 Å². The van der Waals surface area contributed by atoms with Crippen molar-refractivity contribution in [2.45, 2.75) is 19.8 Å². The van der Waals surface area contributed by atoms with Gasteiger partial charge in [0, 0.05) is 34.4 Å². The first-order valence-electron chi connectivity index (χ1n) is 9.33. The highest BCUT2D eigenvalue weighted by molar-refractivity contribution is 9.11. The number of rotatable bonds is 5. The van der Waals surface area contributed by atoms with Crippen molar-refractivity contribution in [1.29, 1.82) is 0 Å². The fourth-order valence-corrected chi connectivity index (χ4v) is 3.23. The molecule has 27 heavy (non-hydrogen) atoms. The Morgan fingerprint density at radius 3 is 2.85 bits per heavy atom. The van der Waals surface area contributed by atoms with Gasteiger partial charge in [0.15, 0.2) is 0 Å². The van der Waals surface area contributed by atoms with Crippen LogP contribution in [-0.2, 0) is 6.42 Å². The van der Waals surface area contributed by atoms with E-state index in [1.165, 1.54) is 16.8 Å². The van der Waals surface area contributed by atoms with Crippen molar-refractivity contribution in [3.05, 3.63) is 58.2 Å². The van der Waals surface area contributed by atoms with Crippen LogP contribution in [-0.4, -0.2) is 42.9 Å². The lowest BCUT2D eigenvalue weighted by Crippen LogP contribution is -2.20. The van der Waals surface area contributed by atoms with Gasteiger partial charge in [0.2, 0.25) is 0 Å². The summed E-state index contributed by atoms with van der Waals surface area (Å²) in [6.45, 7) is 3.78. The molecule has 1 aliphatic rings. The van der Waals surface area contributed by atoms with E-state index >= 15 is 0 Å². The Morgan fingerprint density at radius 1 is 1.26 bits per heavy atom. The fraction of sp³-hybridized carbons (Fsp3) is 0.318. The minimum Gasteiger partial charge on any atom is -0.355 e. The van der Waals surface area contributed by atoms with Crippen LogP contribution in [0.5, 0.6) is 0 Å². The number of hydrogen-bond donors (Lipinski definition) is 2. The zero-order valence-electron chi connectivity index (χ0n) is 16.2. The maximum absolute atomic E-state index is 4.80. The summed E-state index contributed by atoms with van der Waals surface area (Å²) >= 11 is 3.53. The number of nitrogens with one attached hydrogen (secondary N) is 2. The topological polar surface area (TPSA) is 43.4 Å². The number of benzene rings is 1. The molecule has 0 atom stereocenters. The van der Waals surface area contributed by atoms with E-state index in [0.29, 0.717) is 0 Å². The van der Waals surface area contributed by atoms with Gasteiger partial charge in [0.1, 0.15) is 5.84 Å². The zero-order valence-corrected chi connectivity index (χ0v) is 17.8. The van der Waals surface area contributed by atoms with Gasteiger partial charge >= 0.3 is 0 Å². The van der Waals surface area contributed by atoms with Crippen LogP contribution in [0.4, 0.5) is 5.69 Å². The fourth-order valence-electron chi connectivity index (χ4n) is 3.10. The molecular weight excluding hydrogens is 400 g/mol. The first-order valence-corrected chi connectivity index (χ1v) is 10.1. The van der Waals surface area contributed by atoms with Gasteiger partial charge in [0.05, 0.1) is 12.2 Å². The average Bonchev–Trinajstić information content (AvgIpc) is 3.05. The van der Waals surface area contributed by atoms with Crippen LogP contribution in [0.2, 0.25) is 0 Å². The molecule has 2 heterocycles. The van der Waals surface area contributed by atoms with Crippen LogP contribution in [0.15, 0.2) is 52.0 Å². The molecule has 0 bridgehead atoms. The zero-order chi connectivity index (χ0) is 19.2. The van der Waals surface area contributed by atoms with Crippen molar-refractivity contribution < 1.29 is 0 Å². The molecule has 1 aromatic carbocycles. The number of likely N-dealkylation sites (N-methyl/N-ethyl adjacent to an activating group) is 1. The number of para-hydroxylation sites is 1. The highest BCUT2D eigenvalue weighted by Crippen LogP contribution is 2.33. The van der Waals surface area contributed by atoms with Crippen molar-refractivity contribution in [3.63, 3.8) is 0 Å². The lowest BCUT2D eigenvalue weighted by molar-refractivity contribution is 0.420. The van der Waals surface area contributed by atoms with Gasteiger partial charge in [-0.25, -0.2) is 0 Å². The molecule has 0 unspecified atom stereocenters. The summed E-state index contributed by atoms with van der Waals surface area (Å²) in [5, 5.41) is 3.56. The molecule has 0 fully saturated rings. The third-order valence-electron chi connectivity index (χ3n) is 4.57. The Bertz CT molecular complexity index is 874. The molecule has 0 aliphatic carbocycles. The molecule has 0 amide bonds. The van der Waals surface area contributed by atoms with Gasteiger partial charge in [-0.3, -0.25) is 4.99 Å². The molecule has 0 radical (unpaired) electrons. The number of aryl methyl sites for hydroxylation is 1. The van der Waals surface area contributed by atoms with Crippen molar-refractivity contribution in [1.82, 2.24) is 9.88 Å². The second-order valence-electron chi connectivity index (χ2n) is 6.93. The summed E-state index contributed by atoms with van der Waals surface area (Å²) < 4.78 is 1.07. The van der Waals surface area contributed by atoms with Gasteiger partial charge in [-0.15, -0.1) is 0 Å². The maximum atomic E-state index is 4.80. The molecule has 1 aromatic heterocycles. The van der Waals surface area contributed by atoms with Crippen molar-refractivity contribution >= 4 is 33.5 Å². The standard InChI is InChI=1S/C22H27BrN4/c1-4-17(23)10-11-18-15-16-9-12-21(24-13-14-27(2)3)26-20-8-6-5-7-19(20)22(16)25-18/h4-8,10-11,15,25H,9,12-14H2,1-3H3,(H,24,26)/b11-10-,17-4+. The number of amidine groups is 1. The smallest absolute Gasteiger partial charge is 0.101 e. The van der Waals surface area contributed by atoms with Crippen molar-refractivity contribution in [2.24, 2.45) is 4.99 Å². The molecule has 2 aromatic rings. The molecule has 4 nitrogen and oxygen atoms in total. The summed E-state index contributed by atoms with van der Waals surface area (Å²) in [7, 11) is 4.16. The number of aromatic amines is 1. The number of allylic oxidation sites excluding steroid dienone is 3. The third-order valence-corrected chi connectivity index (χ3v) is 5.30. The first-order chi connectivity index (χ1) is 13.1. The van der Waals surface area contributed by atoms with E-state index in [2.05, 4.69) is 87.7 Å². The number of aliphatic imine (C=N–C) groups is 1. The molecule has 1 aliphatic heterocycles. The molecule has 0 saturated carbocycles. The number of H-pyrrole nitrogens is 1. The second kappa shape index (κ2) is 9.20. The molecule has 142 valence electrons. The highest BCUT2D eigenvalue weighted by atomic mass is 79.9. The Balaban J connectivity index is 1.92. The Kier molecular flexibility index (Phi) is 6.69. The molecule has 0 saturated heterocycles. The Hall–Kier alpha value is -2.11. The van der Waals surface area contributed by atoms with E-state index in [1.807, 2.05) is 13.0 Å². The summed E-state index contributed by atoms with van der Waals surface area (Å²) in [5.41, 5.74) is 5.94.